The number of rotatable bonds is 4. The minimum absolute atomic E-state index is 0.0115. The van der Waals surface area contributed by atoms with Crippen LogP contribution in [-0.2, 0) is 11.8 Å². The fraction of sp³-hybridized carbons (Fsp3) is 0.316. The molecular weight excluding hydrogens is 258 g/mol. The first-order valence-electron chi connectivity index (χ1n) is 7.39. The van der Waals surface area contributed by atoms with E-state index in [4.69, 9.17) is 0 Å². The highest BCUT2D eigenvalue weighted by molar-refractivity contribution is 5.94. The monoisotopic (exact) mass is 281 g/mol. The first kappa shape index (κ1) is 15.3. The van der Waals surface area contributed by atoms with Gasteiger partial charge in [0.1, 0.15) is 0 Å². The van der Waals surface area contributed by atoms with Gasteiger partial charge in [-0.15, -0.1) is 0 Å². The molecule has 0 unspecified atom stereocenters. The molecule has 0 aromatic heterocycles. The van der Waals surface area contributed by atoms with Gasteiger partial charge in [-0.3, -0.25) is 4.79 Å². The van der Waals surface area contributed by atoms with Crippen LogP contribution >= 0.6 is 0 Å². The molecule has 0 aliphatic heterocycles. The van der Waals surface area contributed by atoms with Gasteiger partial charge in [-0.05, 0) is 35.1 Å². The summed E-state index contributed by atoms with van der Waals surface area (Å²) in [6.45, 7) is 7.29. The third kappa shape index (κ3) is 4.45. The Morgan fingerprint density at radius 1 is 1.00 bits per heavy atom. The Kier molecular flexibility index (Phi) is 4.79. The SMILES string of the molecule is CC(C)(C)c1cccc(CCNC(=O)c2ccccc2)c1. The molecule has 0 spiro atoms. The van der Waals surface area contributed by atoms with Crippen LogP contribution < -0.4 is 5.32 Å². The summed E-state index contributed by atoms with van der Waals surface area (Å²) in [5, 5.41) is 2.97. The van der Waals surface area contributed by atoms with E-state index in [2.05, 4.69) is 50.4 Å². The zero-order valence-corrected chi connectivity index (χ0v) is 13.0. The molecule has 0 aliphatic carbocycles. The Morgan fingerprint density at radius 3 is 2.38 bits per heavy atom. The largest absolute Gasteiger partial charge is 0.352 e. The molecule has 0 fully saturated rings. The molecule has 0 aliphatic rings. The first-order chi connectivity index (χ1) is 9.97. The molecular formula is C19H23NO. The third-order valence-corrected chi connectivity index (χ3v) is 3.53. The number of benzene rings is 2. The Balaban J connectivity index is 1.91. The minimum Gasteiger partial charge on any atom is -0.352 e. The Labute approximate surface area is 127 Å². The van der Waals surface area contributed by atoms with Crippen LogP contribution in [0.1, 0.15) is 42.3 Å². The van der Waals surface area contributed by atoms with Crippen molar-refractivity contribution in [1.29, 1.82) is 0 Å². The maximum Gasteiger partial charge on any atom is 0.251 e. The van der Waals surface area contributed by atoms with Crippen LogP contribution in [-0.4, -0.2) is 12.5 Å². The smallest absolute Gasteiger partial charge is 0.251 e. The lowest BCUT2D eigenvalue weighted by Crippen LogP contribution is -2.25. The van der Waals surface area contributed by atoms with Gasteiger partial charge in [-0.1, -0.05) is 63.2 Å². The maximum absolute atomic E-state index is 11.9. The predicted octanol–water partition coefficient (Wildman–Crippen LogP) is 3.96. The van der Waals surface area contributed by atoms with Gasteiger partial charge in [0.15, 0.2) is 0 Å². The van der Waals surface area contributed by atoms with Gasteiger partial charge in [0.2, 0.25) is 0 Å². The summed E-state index contributed by atoms with van der Waals surface area (Å²) in [7, 11) is 0. The van der Waals surface area contributed by atoms with Gasteiger partial charge in [-0.2, -0.15) is 0 Å². The van der Waals surface area contributed by atoms with E-state index in [1.165, 1.54) is 11.1 Å². The van der Waals surface area contributed by atoms with Crippen LogP contribution in [0.15, 0.2) is 54.6 Å². The lowest BCUT2D eigenvalue weighted by Gasteiger charge is -2.19. The average Bonchev–Trinajstić information content (AvgIpc) is 2.47. The molecule has 1 amide bonds. The molecule has 0 heterocycles. The summed E-state index contributed by atoms with van der Waals surface area (Å²) in [4.78, 5) is 11.9. The van der Waals surface area contributed by atoms with Crippen LogP contribution in [0.4, 0.5) is 0 Å². The molecule has 21 heavy (non-hydrogen) atoms. The van der Waals surface area contributed by atoms with Gasteiger partial charge >= 0.3 is 0 Å². The Bertz CT molecular complexity index is 596. The quantitative estimate of drug-likeness (QED) is 0.903. The lowest BCUT2D eigenvalue weighted by atomic mass is 9.86. The Hall–Kier alpha value is -2.09. The standard InChI is InChI=1S/C19H23NO/c1-19(2,3)17-11-7-8-15(14-17)12-13-20-18(21)16-9-5-4-6-10-16/h4-11,14H,12-13H2,1-3H3,(H,20,21). The van der Waals surface area contributed by atoms with Crippen molar-refractivity contribution in [1.82, 2.24) is 5.32 Å². The van der Waals surface area contributed by atoms with Crippen molar-refractivity contribution in [2.45, 2.75) is 32.6 Å². The zero-order valence-electron chi connectivity index (χ0n) is 13.0. The highest BCUT2D eigenvalue weighted by Gasteiger charge is 2.13. The van der Waals surface area contributed by atoms with Crippen LogP contribution in [0.25, 0.3) is 0 Å². The Morgan fingerprint density at radius 2 is 1.71 bits per heavy atom. The number of carbonyl (C=O) groups is 1. The summed E-state index contributed by atoms with van der Waals surface area (Å²) < 4.78 is 0. The molecule has 0 bridgehead atoms. The first-order valence-corrected chi connectivity index (χ1v) is 7.39. The van der Waals surface area contributed by atoms with E-state index < -0.39 is 0 Å². The lowest BCUT2D eigenvalue weighted by molar-refractivity contribution is 0.0954. The summed E-state index contributed by atoms with van der Waals surface area (Å²) in [5.41, 5.74) is 3.45. The number of amides is 1. The average molecular weight is 281 g/mol. The minimum atomic E-state index is -0.0115. The second-order valence-electron chi connectivity index (χ2n) is 6.32. The zero-order chi connectivity index (χ0) is 15.3. The molecule has 0 saturated carbocycles. The fourth-order valence-electron chi connectivity index (χ4n) is 2.21. The summed E-state index contributed by atoms with van der Waals surface area (Å²) in [6.07, 6.45) is 0.850. The van der Waals surface area contributed by atoms with Crippen molar-refractivity contribution in [2.24, 2.45) is 0 Å². The van der Waals surface area contributed by atoms with E-state index in [0.717, 1.165) is 6.42 Å². The van der Waals surface area contributed by atoms with Crippen molar-refractivity contribution in [2.75, 3.05) is 6.54 Å². The molecule has 2 nitrogen and oxygen atoms in total. The predicted molar refractivity (Wildman–Crippen MR) is 87.6 cm³/mol. The van der Waals surface area contributed by atoms with E-state index >= 15 is 0 Å². The highest BCUT2D eigenvalue weighted by Crippen LogP contribution is 2.22. The molecule has 2 heteroatoms. The van der Waals surface area contributed by atoms with E-state index in [1.54, 1.807) is 0 Å². The normalized spacial score (nSPS) is 11.2. The fourth-order valence-corrected chi connectivity index (χ4v) is 2.21. The van der Waals surface area contributed by atoms with Gasteiger partial charge in [0, 0.05) is 12.1 Å². The van der Waals surface area contributed by atoms with Crippen molar-refractivity contribution in [3.05, 3.63) is 71.3 Å². The summed E-state index contributed by atoms with van der Waals surface area (Å²) in [5.74, 6) is -0.0115. The second-order valence-corrected chi connectivity index (χ2v) is 6.32. The van der Waals surface area contributed by atoms with Crippen LogP contribution in [0, 0.1) is 0 Å². The second kappa shape index (κ2) is 6.57. The van der Waals surface area contributed by atoms with Crippen LogP contribution in [0.5, 0.6) is 0 Å². The molecule has 0 saturated heterocycles. The molecule has 2 aromatic rings. The van der Waals surface area contributed by atoms with Crippen molar-refractivity contribution < 1.29 is 4.79 Å². The van der Waals surface area contributed by atoms with Crippen LogP contribution in [0.2, 0.25) is 0 Å². The van der Waals surface area contributed by atoms with Crippen molar-refractivity contribution in [3.8, 4) is 0 Å². The summed E-state index contributed by atoms with van der Waals surface area (Å²) in [6, 6.07) is 17.9. The van der Waals surface area contributed by atoms with Crippen LogP contribution in [0.3, 0.4) is 0 Å². The summed E-state index contributed by atoms with van der Waals surface area (Å²) >= 11 is 0. The molecule has 0 radical (unpaired) electrons. The topological polar surface area (TPSA) is 29.1 Å². The number of nitrogens with one attached hydrogen (secondary N) is 1. The number of hydrogen-bond donors (Lipinski definition) is 1. The van der Waals surface area contributed by atoms with Gasteiger partial charge in [0.25, 0.3) is 5.91 Å². The van der Waals surface area contributed by atoms with E-state index in [1.807, 2.05) is 30.3 Å². The van der Waals surface area contributed by atoms with Gasteiger partial charge in [-0.25, -0.2) is 0 Å². The van der Waals surface area contributed by atoms with E-state index in [-0.39, 0.29) is 11.3 Å². The number of hydrogen-bond acceptors (Lipinski definition) is 1. The molecule has 1 N–H and O–H groups in total. The number of carbonyl (C=O) groups excluding carboxylic acids is 1. The van der Waals surface area contributed by atoms with E-state index in [9.17, 15) is 4.79 Å². The van der Waals surface area contributed by atoms with Gasteiger partial charge < -0.3 is 5.32 Å². The van der Waals surface area contributed by atoms with Crippen molar-refractivity contribution in [3.63, 3.8) is 0 Å². The molecule has 110 valence electrons. The van der Waals surface area contributed by atoms with E-state index in [0.29, 0.717) is 12.1 Å². The maximum atomic E-state index is 11.9. The molecule has 2 aromatic carbocycles. The van der Waals surface area contributed by atoms with Crippen molar-refractivity contribution >= 4 is 5.91 Å². The molecule has 0 atom stereocenters. The molecule has 2 rings (SSSR count). The highest BCUT2D eigenvalue weighted by atomic mass is 16.1. The van der Waals surface area contributed by atoms with Gasteiger partial charge in [0.05, 0.1) is 0 Å². The third-order valence-electron chi connectivity index (χ3n) is 3.53.